The third-order valence-corrected chi connectivity index (χ3v) is 5.93. The van der Waals surface area contributed by atoms with Crippen molar-refractivity contribution in [3.05, 3.63) is 65.5 Å². The molecule has 1 aliphatic heterocycles. The van der Waals surface area contributed by atoms with Crippen LogP contribution in [-0.2, 0) is 14.8 Å². The summed E-state index contributed by atoms with van der Waals surface area (Å²) in [6, 6.07) is 12.8. The number of nitrogens with one attached hydrogen (secondary N) is 1. The number of aryl methyl sites for hydroxylation is 1. The van der Waals surface area contributed by atoms with E-state index >= 15 is 0 Å². The number of rotatable bonds is 6. The van der Waals surface area contributed by atoms with Crippen molar-refractivity contribution in [2.24, 2.45) is 0 Å². The summed E-state index contributed by atoms with van der Waals surface area (Å²) in [6.07, 6.45) is 0. The van der Waals surface area contributed by atoms with Gasteiger partial charge in [0, 0.05) is 25.7 Å². The summed E-state index contributed by atoms with van der Waals surface area (Å²) >= 11 is 0. The minimum Gasteiger partial charge on any atom is -0.379 e. The third kappa shape index (κ3) is 4.67. The predicted molar refractivity (Wildman–Crippen MR) is 97.9 cm³/mol. The molecular formula is C19H23FN2O3S. The van der Waals surface area contributed by atoms with Crippen molar-refractivity contribution in [1.82, 2.24) is 9.62 Å². The molecule has 26 heavy (non-hydrogen) atoms. The Bertz CT molecular complexity index is 834. The van der Waals surface area contributed by atoms with Crippen LogP contribution in [0, 0.1) is 12.7 Å². The fourth-order valence-electron chi connectivity index (χ4n) is 3.09. The molecule has 7 heteroatoms. The van der Waals surface area contributed by atoms with Gasteiger partial charge in [-0.1, -0.05) is 24.3 Å². The van der Waals surface area contributed by atoms with Gasteiger partial charge in [-0.2, -0.15) is 0 Å². The lowest BCUT2D eigenvalue weighted by Gasteiger charge is -2.34. The summed E-state index contributed by atoms with van der Waals surface area (Å²) in [5.74, 6) is -0.310. The Morgan fingerprint density at radius 3 is 2.50 bits per heavy atom. The highest BCUT2D eigenvalue weighted by atomic mass is 32.2. The molecule has 1 heterocycles. The number of halogens is 1. The fourth-order valence-corrected chi connectivity index (χ4v) is 4.23. The summed E-state index contributed by atoms with van der Waals surface area (Å²) < 4.78 is 46.7. The van der Waals surface area contributed by atoms with Crippen LogP contribution in [-0.4, -0.2) is 46.2 Å². The smallest absolute Gasteiger partial charge is 0.240 e. The van der Waals surface area contributed by atoms with Gasteiger partial charge in [0.1, 0.15) is 5.82 Å². The van der Waals surface area contributed by atoms with Crippen LogP contribution in [0.2, 0.25) is 0 Å². The van der Waals surface area contributed by atoms with Gasteiger partial charge >= 0.3 is 0 Å². The maximum Gasteiger partial charge on any atom is 0.240 e. The number of morpholine rings is 1. The second-order valence-electron chi connectivity index (χ2n) is 6.38. The highest BCUT2D eigenvalue weighted by Crippen LogP contribution is 2.22. The van der Waals surface area contributed by atoms with Crippen molar-refractivity contribution in [1.29, 1.82) is 0 Å². The van der Waals surface area contributed by atoms with Gasteiger partial charge < -0.3 is 4.74 Å². The van der Waals surface area contributed by atoms with E-state index in [1.165, 1.54) is 12.1 Å². The van der Waals surface area contributed by atoms with E-state index in [1.54, 1.807) is 30.3 Å². The molecular weight excluding hydrogens is 355 g/mol. The summed E-state index contributed by atoms with van der Waals surface area (Å²) in [4.78, 5) is 2.41. The van der Waals surface area contributed by atoms with Crippen LogP contribution >= 0.6 is 0 Å². The Morgan fingerprint density at radius 2 is 1.85 bits per heavy atom. The molecule has 0 amide bonds. The molecule has 0 radical (unpaired) electrons. The topological polar surface area (TPSA) is 58.6 Å². The molecule has 1 fully saturated rings. The van der Waals surface area contributed by atoms with Gasteiger partial charge in [-0.05, 0) is 42.3 Å². The zero-order valence-corrected chi connectivity index (χ0v) is 15.5. The molecule has 1 N–H and O–H groups in total. The number of nitrogens with zero attached hydrogens (tertiary/aromatic N) is 1. The second kappa shape index (κ2) is 8.26. The van der Waals surface area contributed by atoms with Crippen molar-refractivity contribution in [3.63, 3.8) is 0 Å². The molecule has 140 valence electrons. The molecule has 0 saturated carbocycles. The predicted octanol–water partition coefficient (Wildman–Crippen LogP) is 2.49. The summed E-state index contributed by atoms with van der Waals surface area (Å²) in [7, 11) is -3.61. The molecule has 2 aromatic carbocycles. The maximum absolute atomic E-state index is 13.3. The zero-order valence-electron chi connectivity index (χ0n) is 14.7. The van der Waals surface area contributed by atoms with Gasteiger partial charge in [0.15, 0.2) is 0 Å². The average Bonchev–Trinajstić information content (AvgIpc) is 2.64. The Balaban J connectivity index is 1.80. The summed E-state index contributed by atoms with van der Waals surface area (Å²) in [5, 5.41) is 0. The lowest BCUT2D eigenvalue weighted by Crippen LogP contribution is -2.43. The first-order valence-electron chi connectivity index (χ1n) is 8.59. The van der Waals surface area contributed by atoms with Gasteiger partial charge in [0.05, 0.1) is 18.1 Å². The van der Waals surface area contributed by atoms with Crippen LogP contribution in [0.4, 0.5) is 4.39 Å². The summed E-state index contributed by atoms with van der Waals surface area (Å²) in [6.45, 7) is 4.67. The minimum absolute atomic E-state index is 0.181. The quantitative estimate of drug-likeness (QED) is 0.839. The molecule has 1 aliphatic rings. The highest BCUT2D eigenvalue weighted by molar-refractivity contribution is 7.89. The van der Waals surface area contributed by atoms with Crippen molar-refractivity contribution in [2.45, 2.75) is 17.9 Å². The van der Waals surface area contributed by atoms with E-state index in [4.69, 9.17) is 4.74 Å². The van der Waals surface area contributed by atoms with E-state index in [9.17, 15) is 12.8 Å². The zero-order chi connectivity index (χ0) is 18.6. The normalized spacial score (nSPS) is 17.2. The lowest BCUT2D eigenvalue weighted by atomic mass is 10.0. The van der Waals surface area contributed by atoms with Crippen molar-refractivity contribution < 1.29 is 17.5 Å². The maximum atomic E-state index is 13.3. The number of sulfonamides is 1. The van der Waals surface area contributed by atoms with E-state index in [2.05, 4.69) is 9.62 Å². The molecule has 0 spiro atoms. The Hall–Kier alpha value is -1.80. The Kier molecular flexibility index (Phi) is 6.03. The lowest BCUT2D eigenvalue weighted by molar-refractivity contribution is 0.0172. The number of hydrogen-bond acceptors (Lipinski definition) is 4. The van der Waals surface area contributed by atoms with Gasteiger partial charge in [-0.25, -0.2) is 17.5 Å². The highest BCUT2D eigenvalue weighted by Gasteiger charge is 2.25. The molecule has 2 aromatic rings. The van der Waals surface area contributed by atoms with Crippen LogP contribution in [0.5, 0.6) is 0 Å². The van der Waals surface area contributed by atoms with Crippen molar-refractivity contribution >= 4 is 10.0 Å². The van der Waals surface area contributed by atoms with E-state index < -0.39 is 10.0 Å². The monoisotopic (exact) mass is 378 g/mol. The SMILES string of the molecule is Cc1cccc(S(=O)(=O)NCC(c2ccc(F)cc2)N2CCOCC2)c1. The number of benzene rings is 2. The Labute approximate surface area is 153 Å². The van der Waals surface area contributed by atoms with Crippen LogP contribution in [0.25, 0.3) is 0 Å². The van der Waals surface area contributed by atoms with E-state index in [1.807, 2.05) is 13.0 Å². The largest absolute Gasteiger partial charge is 0.379 e. The van der Waals surface area contributed by atoms with Crippen molar-refractivity contribution in [2.75, 3.05) is 32.8 Å². The van der Waals surface area contributed by atoms with E-state index in [-0.39, 0.29) is 23.3 Å². The molecule has 1 saturated heterocycles. The van der Waals surface area contributed by atoms with Crippen LogP contribution in [0.3, 0.4) is 0 Å². The molecule has 0 aliphatic carbocycles. The fraction of sp³-hybridized carbons (Fsp3) is 0.368. The first kappa shape index (κ1) is 19.0. The molecule has 0 bridgehead atoms. The van der Waals surface area contributed by atoms with Gasteiger partial charge in [0.25, 0.3) is 0 Å². The van der Waals surface area contributed by atoms with E-state index in [0.29, 0.717) is 26.3 Å². The van der Waals surface area contributed by atoms with Crippen LogP contribution < -0.4 is 4.72 Å². The second-order valence-corrected chi connectivity index (χ2v) is 8.15. The minimum atomic E-state index is -3.61. The van der Waals surface area contributed by atoms with Crippen LogP contribution in [0.1, 0.15) is 17.2 Å². The van der Waals surface area contributed by atoms with Gasteiger partial charge in [-0.15, -0.1) is 0 Å². The molecule has 1 atom stereocenters. The van der Waals surface area contributed by atoms with Crippen molar-refractivity contribution in [3.8, 4) is 0 Å². The third-order valence-electron chi connectivity index (χ3n) is 4.51. The molecule has 5 nitrogen and oxygen atoms in total. The summed E-state index contributed by atoms with van der Waals surface area (Å²) in [5.41, 5.74) is 1.76. The average molecular weight is 378 g/mol. The van der Waals surface area contributed by atoms with Crippen LogP contribution in [0.15, 0.2) is 53.4 Å². The van der Waals surface area contributed by atoms with Gasteiger partial charge in [-0.3, -0.25) is 4.90 Å². The Morgan fingerprint density at radius 1 is 1.15 bits per heavy atom. The standard InChI is InChI=1S/C19H23FN2O3S/c1-15-3-2-4-18(13-15)26(23,24)21-14-19(22-9-11-25-12-10-22)16-5-7-17(20)8-6-16/h2-8,13,19,21H,9-12,14H2,1H3. The molecule has 3 rings (SSSR count). The first-order chi connectivity index (χ1) is 12.5. The number of hydrogen-bond donors (Lipinski definition) is 1. The van der Waals surface area contributed by atoms with E-state index in [0.717, 1.165) is 11.1 Å². The first-order valence-corrected chi connectivity index (χ1v) is 10.1. The molecule has 0 aromatic heterocycles. The number of ether oxygens (including phenoxy) is 1. The molecule has 1 unspecified atom stereocenters. The van der Waals surface area contributed by atoms with Gasteiger partial charge in [0.2, 0.25) is 10.0 Å².